The number of aromatic amines is 1. The monoisotopic (exact) mass is 924 g/mol. The highest BCUT2D eigenvalue weighted by atomic mass is 31.3. The van der Waals surface area contributed by atoms with Crippen LogP contribution in [0, 0.1) is 5.92 Å². The third-order valence-corrected chi connectivity index (χ3v) is 13.3. The summed E-state index contributed by atoms with van der Waals surface area (Å²) in [5.74, 6) is -7.47. The molecule has 1 saturated heterocycles. The molecule has 0 saturated carbocycles. The van der Waals surface area contributed by atoms with E-state index in [-0.39, 0.29) is 44.9 Å². The lowest BCUT2D eigenvalue weighted by molar-refractivity contribution is -0.219. The molecule has 0 aromatic carbocycles. The molecule has 2 heterocycles. The number of aliphatic hydroxyl groups excluding tert-OH is 2. The fourth-order valence-corrected chi connectivity index (χ4v) is 9.45. The van der Waals surface area contributed by atoms with E-state index in [4.69, 9.17) is 15.6 Å². The quantitative estimate of drug-likeness (QED) is 0.0181. The highest BCUT2D eigenvalue weighted by molar-refractivity contribution is 7.61. The molecule has 342 valence electrons. The van der Waals surface area contributed by atoms with Crippen molar-refractivity contribution in [3.05, 3.63) is 33.1 Å². The van der Waals surface area contributed by atoms with Crippen molar-refractivity contribution < 1.29 is 96.3 Å². The minimum absolute atomic E-state index is 0.000422. The SMILES string of the molecule is CC(N=C([O-])CCCCCOP(=O)(O)OP(=O)(O)OC[C@H]1O[C@@H](n2ccc(=O)[nH]c2=O)[C@H](O)[C@@H]1O)C(=O)NC(CCP(=O)(O)CC(CCCC(N)C(=O)O)C(=O)O)C(=O)O. The molecule has 0 spiro atoms. The van der Waals surface area contributed by atoms with Gasteiger partial charge in [0.15, 0.2) is 6.23 Å². The molecule has 2 rings (SSSR count). The van der Waals surface area contributed by atoms with Gasteiger partial charge in [0.1, 0.15) is 36.4 Å². The lowest BCUT2D eigenvalue weighted by Crippen LogP contribution is -2.45. The zero-order valence-electron chi connectivity index (χ0n) is 31.9. The summed E-state index contributed by atoms with van der Waals surface area (Å²) < 4.78 is 56.7. The van der Waals surface area contributed by atoms with Crippen molar-refractivity contribution in [2.45, 2.75) is 101 Å². The zero-order valence-corrected chi connectivity index (χ0v) is 34.5. The molecule has 0 radical (unpaired) electrons. The summed E-state index contributed by atoms with van der Waals surface area (Å²) in [5, 5.41) is 62.7. The molecular weight excluding hydrogens is 875 g/mol. The van der Waals surface area contributed by atoms with Crippen molar-refractivity contribution in [2.75, 3.05) is 25.5 Å². The van der Waals surface area contributed by atoms with Crippen LogP contribution in [0.4, 0.5) is 0 Å². The van der Waals surface area contributed by atoms with Crippen LogP contribution in [0.2, 0.25) is 0 Å². The Morgan fingerprint density at radius 1 is 0.950 bits per heavy atom. The Morgan fingerprint density at radius 3 is 2.20 bits per heavy atom. The molecule has 11 atom stereocenters. The lowest BCUT2D eigenvalue weighted by Gasteiger charge is -2.21. The average molecular weight is 925 g/mol. The maximum atomic E-state index is 12.7. The molecule has 1 aromatic rings. The summed E-state index contributed by atoms with van der Waals surface area (Å²) >= 11 is 0. The van der Waals surface area contributed by atoms with E-state index < -0.39 is 145 Å². The van der Waals surface area contributed by atoms with Gasteiger partial charge in [-0.05, 0) is 51.3 Å². The minimum Gasteiger partial charge on any atom is -0.862 e. The van der Waals surface area contributed by atoms with Crippen LogP contribution in [-0.4, -0.2) is 141 Å². The van der Waals surface area contributed by atoms with Crippen molar-refractivity contribution in [2.24, 2.45) is 16.6 Å². The van der Waals surface area contributed by atoms with E-state index in [2.05, 4.69) is 23.7 Å². The number of nitrogens with zero attached hydrogens (tertiary/aromatic N) is 2. The Hall–Kier alpha value is -3.68. The van der Waals surface area contributed by atoms with Gasteiger partial charge >= 0.3 is 39.2 Å². The summed E-state index contributed by atoms with van der Waals surface area (Å²) in [6.07, 6.45) is -7.89. The molecule has 1 aliphatic rings. The number of nitrogens with two attached hydrogens (primary N) is 1. The van der Waals surface area contributed by atoms with E-state index in [0.29, 0.717) is 0 Å². The molecule has 27 nitrogen and oxygen atoms in total. The first-order chi connectivity index (χ1) is 27.7. The van der Waals surface area contributed by atoms with Gasteiger partial charge in [0, 0.05) is 24.6 Å². The number of aliphatic hydroxyl groups is 2. The second kappa shape index (κ2) is 23.5. The molecule has 60 heavy (non-hydrogen) atoms. The fraction of sp³-hybridized carbons (Fsp3) is 0.700. The molecule has 1 aliphatic heterocycles. The summed E-state index contributed by atoms with van der Waals surface area (Å²) in [5.41, 5.74) is 3.62. The number of nitrogens with one attached hydrogen (secondary N) is 2. The van der Waals surface area contributed by atoms with Gasteiger partial charge in [0.25, 0.3) is 5.56 Å². The maximum Gasteiger partial charge on any atom is 0.481 e. The van der Waals surface area contributed by atoms with Crippen LogP contribution in [0.15, 0.2) is 26.8 Å². The zero-order chi connectivity index (χ0) is 45.6. The van der Waals surface area contributed by atoms with E-state index in [9.17, 15) is 82.7 Å². The number of aliphatic carboxylic acids is 3. The first kappa shape index (κ1) is 52.5. The number of unbranched alkanes of at least 4 members (excludes halogenated alkanes) is 2. The molecule has 1 aromatic heterocycles. The maximum absolute atomic E-state index is 12.7. The van der Waals surface area contributed by atoms with E-state index in [1.54, 1.807) is 0 Å². The molecule has 12 N–H and O–H groups in total. The lowest BCUT2D eigenvalue weighted by atomic mass is 10.0. The largest absolute Gasteiger partial charge is 0.862 e. The van der Waals surface area contributed by atoms with E-state index in [0.717, 1.165) is 16.8 Å². The van der Waals surface area contributed by atoms with Gasteiger partial charge in [-0.15, -0.1) is 0 Å². The summed E-state index contributed by atoms with van der Waals surface area (Å²) in [6, 6.07) is -3.43. The number of amides is 1. The van der Waals surface area contributed by atoms with Crippen molar-refractivity contribution >= 4 is 52.7 Å². The highest BCUT2D eigenvalue weighted by Gasteiger charge is 2.46. The number of carboxylic acids is 3. The van der Waals surface area contributed by atoms with Gasteiger partial charge in [-0.2, -0.15) is 4.31 Å². The van der Waals surface area contributed by atoms with Crippen LogP contribution in [-0.2, 0) is 51.0 Å². The van der Waals surface area contributed by atoms with E-state index >= 15 is 0 Å². The number of hydrogen-bond donors (Lipinski definition) is 11. The Bertz CT molecular complexity index is 1940. The van der Waals surface area contributed by atoms with Crippen LogP contribution in [0.25, 0.3) is 0 Å². The van der Waals surface area contributed by atoms with Gasteiger partial charge in [0.05, 0.1) is 19.1 Å². The van der Waals surface area contributed by atoms with E-state index in [1.165, 1.54) is 6.92 Å². The van der Waals surface area contributed by atoms with Crippen LogP contribution >= 0.6 is 23.0 Å². The Balaban J connectivity index is 1.76. The first-order valence-corrected chi connectivity index (χ1v) is 23.0. The second-order valence-electron chi connectivity index (χ2n) is 13.6. The van der Waals surface area contributed by atoms with Crippen molar-refractivity contribution in [3.8, 4) is 0 Å². The van der Waals surface area contributed by atoms with Gasteiger partial charge in [0.2, 0.25) is 13.3 Å². The number of phosphoric acid groups is 2. The van der Waals surface area contributed by atoms with Crippen LogP contribution in [0.5, 0.6) is 0 Å². The summed E-state index contributed by atoms with van der Waals surface area (Å²) in [6.45, 7) is -0.339. The minimum atomic E-state index is -5.37. The predicted molar refractivity (Wildman–Crippen MR) is 200 cm³/mol. The van der Waals surface area contributed by atoms with Crippen molar-refractivity contribution in [1.82, 2.24) is 14.9 Å². The Kier molecular flexibility index (Phi) is 20.6. The number of carbonyl (C=O) groups excluding carboxylic acids is 1. The number of phosphoric ester groups is 2. The summed E-state index contributed by atoms with van der Waals surface area (Å²) in [7, 11) is -14.9. The topological polar surface area (TPSA) is 447 Å². The standard InChI is InChI=1S/C30H50N5O22P3/c1-16(25(40)33-19(29(45)46)10-13-58(48,49)15-17(27(41)42)6-5-7-18(31)28(43)44)32-21(36)8-3-2-4-12-54-59(50,51)57-60(52,53)55-14-20-23(38)24(39)26(56-20)35-11-9-22(37)34-30(35)47/h9,11,16-20,23-24,26,38-39H,2-8,10,12-15,31H2,1H3,(H,32,36)(H,33,40)(H,41,42)(H,43,44)(H,45,46)(H,48,49)(H,50,51)(H,52,53)(H,34,37,47)/p-1/t16?,17?,18?,19?,20-,23-,24-,26-/m1/s1. The second-order valence-corrected chi connectivity index (χ2v) is 19.1. The average Bonchev–Trinajstić information content (AvgIpc) is 3.41. The molecule has 0 aliphatic carbocycles. The van der Waals surface area contributed by atoms with Gasteiger partial charge in [-0.3, -0.25) is 47.3 Å². The fourth-order valence-electron chi connectivity index (χ4n) is 5.46. The van der Waals surface area contributed by atoms with E-state index in [1.807, 2.05) is 4.98 Å². The molecule has 1 fully saturated rings. The number of ether oxygens (including phenoxy) is 1. The first-order valence-electron chi connectivity index (χ1n) is 18.0. The summed E-state index contributed by atoms with van der Waals surface area (Å²) in [4.78, 5) is 106. The Morgan fingerprint density at radius 2 is 1.60 bits per heavy atom. The third kappa shape index (κ3) is 18.1. The molecule has 0 bridgehead atoms. The van der Waals surface area contributed by atoms with Gasteiger partial charge < -0.3 is 61.1 Å². The predicted octanol–water partition coefficient (Wildman–Crippen LogP) is -2.37. The van der Waals surface area contributed by atoms with Gasteiger partial charge in [-0.25, -0.2) is 18.7 Å². The molecule has 7 unspecified atom stereocenters. The highest BCUT2D eigenvalue weighted by Crippen LogP contribution is 2.60. The number of hydrogen-bond acceptors (Lipinski definition) is 18. The Labute approximate surface area is 339 Å². The number of rotatable bonds is 28. The van der Waals surface area contributed by atoms with Crippen molar-refractivity contribution in [1.29, 1.82) is 0 Å². The number of aromatic nitrogens is 2. The van der Waals surface area contributed by atoms with Crippen LogP contribution in [0.3, 0.4) is 0 Å². The molecular formula is C30H49N5O22P3-. The molecule has 1 amide bonds. The van der Waals surface area contributed by atoms with Crippen LogP contribution in [0.1, 0.15) is 64.5 Å². The number of H-pyrrole nitrogens is 1. The number of aliphatic imine (C=N–C) groups is 1. The van der Waals surface area contributed by atoms with Crippen molar-refractivity contribution in [3.63, 3.8) is 0 Å². The van der Waals surface area contributed by atoms with Gasteiger partial charge in [-0.1, -0.05) is 12.8 Å². The molecule has 30 heteroatoms. The third-order valence-electron chi connectivity index (χ3n) is 8.70. The number of carbonyl (C=O) groups is 4. The van der Waals surface area contributed by atoms with Crippen LogP contribution < -0.4 is 27.4 Å². The smallest absolute Gasteiger partial charge is 0.481 e. The normalized spacial score (nSPS) is 23.3. The number of carboxylic acid groups (broad SMARTS) is 3.